The number of halogens is 1. The summed E-state index contributed by atoms with van der Waals surface area (Å²) in [5, 5.41) is 0. The molecule has 0 amide bonds. The molecule has 0 aliphatic heterocycles. The van der Waals surface area contributed by atoms with Crippen molar-refractivity contribution in [3.05, 3.63) is 47.8 Å². The topological polar surface area (TPSA) is 43.8 Å². The van der Waals surface area contributed by atoms with E-state index in [4.69, 9.17) is 5.73 Å². The molecule has 0 radical (unpaired) electrons. The number of nitrogens with two attached hydrogens (primary N) is 1. The second-order valence-electron chi connectivity index (χ2n) is 3.92. The Labute approximate surface area is 93.7 Å². The summed E-state index contributed by atoms with van der Waals surface area (Å²) < 4.78 is 15.5. The third-order valence-corrected chi connectivity index (χ3v) is 2.48. The van der Waals surface area contributed by atoms with Crippen molar-refractivity contribution in [3.8, 4) is 5.69 Å². The monoisotopic (exact) mass is 219 g/mol. The van der Waals surface area contributed by atoms with Gasteiger partial charge in [-0.3, -0.25) is 0 Å². The van der Waals surface area contributed by atoms with E-state index >= 15 is 0 Å². The van der Waals surface area contributed by atoms with Crippen molar-refractivity contribution in [2.45, 2.75) is 19.9 Å². The number of imidazole rings is 1. The first kappa shape index (κ1) is 10.8. The Morgan fingerprint density at radius 2 is 2.19 bits per heavy atom. The van der Waals surface area contributed by atoms with Crippen molar-refractivity contribution in [1.29, 1.82) is 0 Å². The number of aryl methyl sites for hydroxylation is 1. The molecule has 4 heteroatoms. The summed E-state index contributed by atoms with van der Waals surface area (Å²) in [6.07, 6.45) is 3.51. The average Bonchev–Trinajstić information content (AvgIpc) is 2.64. The van der Waals surface area contributed by atoms with Crippen molar-refractivity contribution in [1.82, 2.24) is 9.55 Å². The van der Waals surface area contributed by atoms with Crippen LogP contribution in [0.25, 0.3) is 5.69 Å². The Hall–Kier alpha value is -1.68. The van der Waals surface area contributed by atoms with Crippen molar-refractivity contribution in [3.63, 3.8) is 0 Å². The zero-order chi connectivity index (χ0) is 11.7. The molecule has 16 heavy (non-hydrogen) atoms. The number of rotatable bonds is 2. The SMILES string of the molecule is Cc1cn(-c2ccc(C(C)N)c(F)c2)cn1. The van der Waals surface area contributed by atoms with Crippen LogP contribution in [0.4, 0.5) is 4.39 Å². The fourth-order valence-corrected chi connectivity index (χ4v) is 1.61. The molecule has 2 rings (SSSR count). The highest BCUT2D eigenvalue weighted by Gasteiger charge is 2.08. The van der Waals surface area contributed by atoms with Crippen molar-refractivity contribution in [2.75, 3.05) is 0 Å². The molecule has 2 N–H and O–H groups in total. The molecule has 1 atom stereocenters. The molecule has 1 aromatic heterocycles. The van der Waals surface area contributed by atoms with Gasteiger partial charge in [0.15, 0.2) is 0 Å². The summed E-state index contributed by atoms with van der Waals surface area (Å²) >= 11 is 0. The van der Waals surface area contributed by atoms with Crippen LogP contribution < -0.4 is 5.73 Å². The molecule has 0 saturated carbocycles. The lowest BCUT2D eigenvalue weighted by Crippen LogP contribution is -2.07. The summed E-state index contributed by atoms with van der Waals surface area (Å²) in [6, 6.07) is 4.73. The van der Waals surface area contributed by atoms with Crippen LogP contribution in [0.2, 0.25) is 0 Å². The van der Waals surface area contributed by atoms with Crippen LogP contribution in [0.15, 0.2) is 30.7 Å². The van der Waals surface area contributed by atoms with E-state index in [9.17, 15) is 4.39 Å². The summed E-state index contributed by atoms with van der Waals surface area (Å²) in [5.74, 6) is -0.279. The molecule has 1 aromatic carbocycles. The highest BCUT2D eigenvalue weighted by molar-refractivity contribution is 5.37. The summed E-state index contributed by atoms with van der Waals surface area (Å²) in [4.78, 5) is 4.10. The van der Waals surface area contributed by atoms with E-state index in [2.05, 4.69) is 4.98 Å². The summed E-state index contributed by atoms with van der Waals surface area (Å²) in [7, 11) is 0. The van der Waals surface area contributed by atoms with Gasteiger partial charge in [-0.1, -0.05) is 6.07 Å². The first-order chi connectivity index (χ1) is 7.58. The molecule has 2 aromatic rings. The van der Waals surface area contributed by atoms with Gasteiger partial charge >= 0.3 is 0 Å². The van der Waals surface area contributed by atoms with Crippen LogP contribution in [0, 0.1) is 12.7 Å². The lowest BCUT2D eigenvalue weighted by atomic mass is 10.1. The van der Waals surface area contributed by atoms with E-state index in [1.165, 1.54) is 6.07 Å². The number of nitrogens with zero attached hydrogens (tertiary/aromatic N) is 2. The van der Waals surface area contributed by atoms with Crippen molar-refractivity contribution < 1.29 is 4.39 Å². The minimum Gasteiger partial charge on any atom is -0.324 e. The normalized spacial score (nSPS) is 12.8. The zero-order valence-electron chi connectivity index (χ0n) is 9.31. The molecule has 84 valence electrons. The third-order valence-electron chi connectivity index (χ3n) is 2.48. The number of benzene rings is 1. The van der Waals surface area contributed by atoms with Crippen LogP contribution in [0.5, 0.6) is 0 Å². The molecule has 1 unspecified atom stereocenters. The Bertz CT molecular complexity index is 503. The van der Waals surface area contributed by atoms with Gasteiger partial charge in [0.2, 0.25) is 0 Å². The van der Waals surface area contributed by atoms with Crippen molar-refractivity contribution in [2.24, 2.45) is 5.73 Å². The molecule has 0 spiro atoms. The van der Waals surface area contributed by atoms with Crippen molar-refractivity contribution >= 4 is 0 Å². The van der Waals surface area contributed by atoms with E-state index in [1.54, 1.807) is 23.9 Å². The fraction of sp³-hybridized carbons (Fsp3) is 0.250. The molecule has 0 saturated heterocycles. The molecule has 0 aliphatic rings. The number of hydrogen-bond acceptors (Lipinski definition) is 2. The second kappa shape index (κ2) is 4.06. The van der Waals surface area contributed by atoms with Gasteiger partial charge in [0.25, 0.3) is 0 Å². The third kappa shape index (κ3) is 1.97. The van der Waals surface area contributed by atoms with Gasteiger partial charge in [0.05, 0.1) is 12.0 Å². The van der Waals surface area contributed by atoms with Crippen LogP contribution >= 0.6 is 0 Å². The van der Waals surface area contributed by atoms with Crippen LogP contribution in [-0.4, -0.2) is 9.55 Å². The lowest BCUT2D eigenvalue weighted by Gasteiger charge is -2.09. The van der Waals surface area contributed by atoms with E-state index in [1.807, 2.05) is 19.2 Å². The maximum atomic E-state index is 13.7. The van der Waals surface area contributed by atoms with E-state index in [-0.39, 0.29) is 11.9 Å². The number of aromatic nitrogens is 2. The Kier molecular flexibility index (Phi) is 2.75. The predicted octanol–water partition coefficient (Wildman–Crippen LogP) is 2.34. The minimum atomic E-state index is -0.293. The van der Waals surface area contributed by atoms with Crippen LogP contribution in [0.1, 0.15) is 24.2 Å². The standard InChI is InChI=1S/C12H14FN3/c1-8-6-16(7-15-8)10-3-4-11(9(2)14)12(13)5-10/h3-7,9H,14H2,1-2H3. The molecule has 0 aliphatic carbocycles. The van der Waals surface area contributed by atoms with Gasteiger partial charge in [0, 0.05) is 23.5 Å². The zero-order valence-corrected chi connectivity index (χ0v) is 9.31. The average molecular weight is 219 g/mol. The molecule has 3 nitrogen and oxygen atoms in total. The van der Waals surface area contributed by atoms with Gasteiger partial charge in [-0.2, -0.15) is 0 Å². The Morgan fingerprint density at radius 1 is 1.44 bits per heavy atom. The van der Waals surface area contributed by atoms with Crippen LogP contribution in [0.3, 0.4) is 0 Å². The molecule has 1 heterocycles. The van der Waals surface area contributed by atoms with E-state index < -0.39 is 0 Å². The number of hydrogen-bond donors (Lipinski definition) is 1. The fourth-order valence-electron chi connectivity index (χ4n) is 1.61. The molecular formula is C12H14FN3. The van der Waals surface area contributed by atoms with E-state index in [0.29, 0.717) is 5.56 Å². The molecule has 0 bridgehead atoms. The quantitative estimate of drug-likeness (QED) is 0.842. The Balaban J connectivity index is 2.42. The van der Waals surface area contributed by atoms with E-state index in [0.717, 1.165) is 11.4 Å². The second-order valence-corrected chi connectivity index (χ2v) is 3.92. The summed E-state index contributed by atoms with van der Waals surface area (Å²) in [5.41, 5.74) is 7.83. The highest BCUT2D eigenvalue weighted by atomic mass is 19.1. The highest BCUT2D eigenvalue weighted by Crippen LogP contribution is 2.18. The van der Waals surface area contributed by atoms with Gasteiger partial charge in [-0.25, -0.2) is 9.37 Å². The van der Waals surface area contributed by atoms with Gasteiger partial charge < -0.3 is 10.3 Å². The summed E-state index contributed by atoms with van der Waals surface area (Å²) in [6.45, 7) is 3.66. The largest absolute Gasteiger partial charge is 0.324 e. The minimum absolute atomic E-state index is 0.279. The smallest absolute Gasteiger partial charge is 0.130 e. The first-order valence-corrected chi connectivity index (χ1v) is 5.14. The van der Waals surface area contributed by atoms with Crippen LogP contribution in [-0.2, 0) is 0 Å². The first-order valence-electron chi connectivity index (χ1n) is 5.14. The maximum Gasteiger partial charge on any atom is 0.130 e. The van der Waals surface area contributed by atoms with Gasteiger partial charge in [-0.15, -0.1) is 0 Å². The Morgan fingerprint density at radius 3 is 2.69 bits per heavy atom. The predicted molar refractivity (Wildman–Crippen MR) is 60.9 cm³/mol. The molecule has 0 fully saturated rings. The maximum absolute atomic E-state index is 13.7. The van der Waals surface area contributed by atoms with Gasteiger partial charge in [0.1, 0.15) is 5.82 Å². The molecular weight excluding hydrogens is 205 g/mol. The van der Waals surface area contributed by atoms with Gasteiger partial charge in [-0.05, 0) is 26.0 Å². The lowest BCUT2D eigenvalue weighted by molar-refractivity contribution is 0.592.